The van der Waals surface area contributed by atoms with Crippen LogP contribution in [0.3, 0.4) is 0 Å². The quantitative estimate of drug-likeness (QED) is 0.707. The van der Waals surface area contributed by atoms with Gasteiger partial charge in [-0.2, -0.15) is 0 Å². The number of nitrogens with one attached hydrogen (secondary N) is 1. The molecule has 0 aliphatic rings. The third kappa shape index (κ3) is 2.23. The van der Waals surface area contributed by atoms with E-state index in [2.05, 4.69) is 25.9 Å². The van der Waals surface area contributed by atoms with Crippen molar-refractivity contribution in [1.29, 1.82) is 0 Å². The van der Waals surface area contributed by atoms with Crippen molar-refractivity contribution in [3.63, 3.8) is 0 Å². The largest absolute Gasteiger partial charge is 0.507 e. The van der Waals surface area contributed by atoms with Crippen LogP contribution in [0.5, 0.6) is 5.75 Å². The summed E-state index contributed by atoms with van der Waals surface area (Å²) in [5.41, 5.74) is 2.49. The number of halogens is 1. The number of rotatable bonds is 1. The second kappa shape index (κ2) is 5.00. The lowest BCUT2D eigenvalue weighted by Crippen LogP contribution is -2.10. The second-order valence-corrected chi connectivity index (χ2v) is 5.81. The average Bonchev–Trinajstić information content (AvgIpc) is 2.46. The summed E-state index contributed by atoms with van der Waals surface area (Å²) in [6.45, 7) is 3.68. The van der Waals surface area contributed by atoms with Gasteiger partial charge in [0.25, 0.3) is 5.56 Å². The molecule has 0 atom stereocenters. The van der Waals surface area contributed by atoms with E-state index in [1.54, 1.807) is 18.2 Å². The van der Waals surface area contributed by atoms with E-state index in [4.69, 9.17) is 0 Å². The monoisotopic (exact) mass is 344 g/mol. The van der Waals surface area contributed by atoms with E-state index in [9.17, 15) is 9.90 Å². The molecule has 0 spiro atoms. The molecule has 0 unspecified atom stereocenters. The Morgan fingerprint density at radius 1 is 1.24 bits per heavy atom. The molecule has 2 aromatic carbocycles. The predicted molar refractivity (Wildman–Crippen MR) is 86.6 cm³/mol. The van der Waals surface area contributed by atoms with Crippen LogP contribution < -0.4 is 5.56 Å². The van der Waals surface area contributed by atoms with E-state index >= 15 is 0 Å². The lowest BCUT2D eigenvalue weighted by molar-refractivity contribution is 0.472. The predicted octanol–water partition coefficient (Wildman–Crippen LogP) is 3.68. The van der Waals surface area contributed by atoms with Gasteiger partial charge in [0.1, 0.15) is 11.6 Å². The number of fused-ring (bicyclic) bond motifs is 1. The van der Waals surface area contributed by atoms with Crippen molar-refractivity contribution in [2.45, 2.75) is 13.8 Å². The van der Waals surface area contributed by atoms with Crippen molar-refractivity contribution in [3.8, 4) is 17.1 Å². The highest BCUT2D eigenvalue weighted by Crippen LogP contribution is 2.37. The van der Waals surface area contributed by atoms with Gasteiger partial charge in [-0.3, -0.25) is 4.79 Å². The van der Waals surface area contributed by atoms with Gasteiger partial charge in [0.15, 0.2) is 0 Å². The van der Waals surface area contributed by atoms with Crippen LogP contribution in [0.25, 0.3) is 22.3 Å². The molecule has 0 saturated carbocycles. The van der Waals surface area contributed by atoms with Gasteiger partial charge in [0.2, 0.25) is 0 Å². The zero-order chi connectivity index (χ0) is 15.1. The minimum absolute atomic E-state index is 0.133. The molecular formula is C16H13BrN2O2. The molecule has 0 bridgehead atoms. The SMILES string of the molecule is Cc1cc(Br)c(C)c(-c2nc3ccccc3c(=O)[nH]2)c1O. The zero-order valence-corrected chi connectivity index (χ0v) is 13.2. The number of phenolic OH excluding ortho intramolecular Hbond substituents is 1. The Bertz CT molecular complexity index is 890. The van der Waals surface area contributed by atoms with Crippen LogP contribution in [0, 0.1) is 13.8 Å². The number of benzene rings is 2. The van der Waals surface area contributed by atoms with Gasteiger partial charge in [-0.25, -0.2) is 4.98 Å². The van der Waals surface area contributed by atoms with Gasteiger partial charge in [-0.05, 0) is 43.2 Å². The summed E-state index contributed by atoms with van der Waals surface area (Å²) < 4.78 is 0.864. The van der Waals surface area contributed by atoms with Gasteiger partial charge < -0.3 is 10.1 Å². The van der Waals surface area contributed by atoms with Crippen LogP contribution in [-0.4, -0.2) is 15.1 Å². The third-order valence-corrected chi connectivity index (χ3v) is 4.36. The van der Waals surface area contributed by atoms with Gasteiger partial charge in [-0.15, -0.1) is 0 Å². The molecule has 4 nitrogen and oxygen atoms in total. The van der Waals surface area contributed by atoms with E-state index in [0.717, 1.165) is 15.6 Å². The molecule has 1 heterocycles. The van der Waals surface area contributed by atoms with Crippen molar-refractivity contribution >= 4 is 26.8 Å². The number of aromatic hydroxyl groups is 1. The maximum atomic E-state index is 12.2. The molecule has 0 aliphatic heterocycles. The number of hydrogen-bond acceptors (Lipinski definition) is 3. The maximum absolute atomic E-state index is 12.2. The molecular weight excluding hydrogens is 332 g/mol. The van der Waals surface area contributed by atoms with Crippen LogP contribution >= 0.6 is 15.9 Å². The van der Waals surface area contributed by atoms with Gasteiger partial charge in [0.05, 0.1) is 16.5 Å². The number of nitrogens with zero attached hydrogens (tertiary/aromatic N) is 1. The molecule has 0 amide bonds. The topological polar surface area (TPSA) is 66.0 Å². The summed E-state index contributed by atoms with van der Waals surface area (Å²) in [6, 6.07) is 8.98. The van der Waals surface area contributed by atoms with Crippen molar-refractivity contribution in [2.24, 2.45) is 0 Å². The van der Waals surface area contributed by atoms with Gasteiger partial charge in [-0.1, -0.05) is 28.1 Å². The van der Waals surface area contributed by atoms with E-state index in [-0.39, 0.29) is 11.3 Å². The first-order chi connectivity index (χ1) is 9.99. The van der Waals surface area contributed by atoms with Crippen molar-refractivity contribution < 1.29 is 5.11 Å². The fourth-order valence-electron chi connectivity index (χ4n) is 2.36. The normalized spacial score (nSPS) is 11.0. The van der Waals surface area contributed by atoms with E-state index in [1.807, 2.05) is 26.0 Å². The molecule has 0 saturated heterocycles. The van der Waals surface area contributed by atoms with Gasteiger partial charge in [0, 0.05) is 4.47 Å². The molecule has 5 heteroatoms. The summed E-state index contributed by atoms with van der Waals surface area (Å²) in [6.07, 6.45) is 0. The zero-order valence-electron chi connectivity index (χ0n) is 11.6. The molecule has 2 N–H and O–H groups in total. The van der Waals surface area contributed by atoms with Crippen LogP contribution in [0.1, 0.15) is 11.1 Å². The van der Waals surface area contributed by atoms with Crippen LogP contribution in [0.15, 0.2) is 39.6 Å². The fourth-order valence-corrected chi connectivity index (χ4v) is 2.90. The number of aryl methyl sites for hydroxylation is 1. The van der Waals surface area contributed by atoms with Crippen molar-refractivity contribution in [1.82, 2.24) is 9.97 Å². The van der Waals surface area contributed by atoms with Gasteiger partial charge >= 0.3 is 0 Å². The highest BCUT2D eigenvalue weighted by Gasteiger charge is 2.16. The highest BCUT2D eigenvalue weighted by atomic mass is 79.9. The minimum atomic E-state index is -0.216. The van der Waals surface area contributed by atoms with E-state index < -0.39 is 0 Å². The molecule has 106 valence electrons. The smallest absolute Gasteiger partial charge is 0.259 e. The molecule has 1 aromatic heterocycles. The molecule has 21 heavy (non-hydrogen) atoms. The number of aromatic amines is 1. The third-order valence-electron chi connectivity index (χ3n) is 3.54. The lowest BCUT2D eigenvalue weighted by Gasteiger charge is -2.12. The van der Waals surface area contributed by atoms with Crippen LogP contribution in [-0.2, 0) is 0 Å². The highest BCUT2D eigenvalue weighted by molar-refractivity contribution is 9.10. The first-order valence-electron chi connectivity index (χ1n) is 6.47. The second-order valence-electron chi connectivity index (χ2n) is 4.96. The Kier molecular flexibility index (Phi) is 3.29. The minimum Gasteiger partial charge on any atom is -0.507 e. The first-order valence-corrected chi connectivity index (χ1v) is 7.26. The Labute approximate surface area is 129 Å². The fraction of sp³-hybridized carbons (Fsp3) is 0.125. The lowest BCUT2D eigenvalue weighted by atomic mass is 10.0. The number of hydrogen-bond donors (Lipinski definition) is 2. The Balaban J connectivity index is 2.39. The average molecular weight is 345 g/mol. The Morgan fingerprint density at radius 2 is 1.95 bits per heavy atom. The molecule has 3 aromatic rings. The van der Waals surface area contributed by atoms with Crippen molar-refractivity contribution in [2.75, 3.05) is 0 Å². The number of phenols is 1. The summed E-state index contributed by atoms with van der Waals surface area (Å²) in [7, 11) is 0. The maximum Gasteiger partial charge on any atom is 0.259 e. The van der Waals surface area contributed by atoms with Crippen molar-refractivity contribution in [3.05, 3.63) is 56.3 Å². The molecule has 0 fully saturated rings. The summed E-state index contributed by atoms with van der Waals surface area (Å²) in [5.74, 6) is 0.507. The Hall–Kier alpha value is -2.14. The Morgan fingerprint density at radius 3 is 2.71 bits per heavy atom. The summed E-state index contributed by atoms with van der Waals surface area (Å²) >= 11 is 3.47. The van der Waals surface area contributed by atoms with E-state index in [1.165, 1.54) is 0 Å². The van der Waals surface area contributed by atoms with Crippen LogP contribution in [0.4, 0.5) is 0 Å². The molecule has 0 aliphatic carbocycles. The first kappa shape index (κ1) is 13.8. The van der Waals surface area contributed by atoms with Crippen LogP contribution in [0.2, 0.25) is 0 Å². The number of aromatic nitrogens is 2. The molecule has 3 rings (SSSR count). The number of H-pyrrole nitrogens is 1. The summed E-state index contributed by atoms with van der Waals surface area (Å²) in [4.78, 5) is 19.4. The van der Waals surface area contributed by atoms with E-state index in [0.29, 0.717) is 22.3 Å². The molecule has 0 radical (unpaired) electrons. The standard InChI is InChI=1S/C16H13BrN2O2/c1-8-7-11(17)9(2)13(14(8)20)15-18-12-6-4-3-5-10(12)16(21)19-15/h3-7,20H,1-2H3,(H,18,19,21). The summed E-state index contributed by atoms with van der Waals surface area (Å²) in [5, 5.41) is 10.9. The number of para-hydroxylation sites is 1.